The summed E-state index contributed by atoms with van der Waals surface area (Å²) < 4.78 is 0. The summed E-state index contributed by atoms with van der Waals surface area (Å²) in [7, 11) is 0. The van der Waals surface area contributed by atoms with E-state index in [1.165, 1.54) is 32.5 Å². The van der Waals surface area contributed by atoms with E-state index in [-0.39, 0.29) is 0 Å². The number of nitrogens with two attached hydrogens (primary N) is 1. The van der Waals surface area contributed by atoms with Gasteiger partial charge in [-0.05, 0) is 24.8 Å². The van der Waals surface area contributed by atoms with Crippen LogP contribution in [0.2, 0.25) is 0 Å². The molecule has 0 amide bonds. The van der Waals surface area contributed by atoms with E-state index in [4.69, 9.17) is 5.73 Å². The average Bonchev–Trinajstić information content (AvgIpc) is 2.25. The van der Waals surface area contributed by atoms with Crippen LogP contribution >= 0.6 is 11.8 Å². The second-order valence-electron chi connectivity index (χ2n) is 5.36. The minimum atomic E-state index is 0.349. The van der Waals surface area contributed by atoms with Crippen molar-refractivity contribution in [3.63, 3.8) is 0 Å². The number of thioether (sulfide) groups is 1. The Morgan fingerprint density at radius 3 is 2.06 bits per heavy atom. The van der Waals surface area contributed by atoms with Crippen LogP contribution in [0.3, 0.4) is 0 Å². The van der Waals surface area contributed by atoms with Gasteiger partial charge in [-0.2, -0.15) is 11.8 Å². The maximum absolute atomic E-state index is 5.98. The molecule has 0 aliphatic carbocycles. The van der Waals surface area contributed by atoms with E-state index in [9.17, 15) is 0 Å². The van der Waals surface area contributed by atoms with Gasteiger partial charge in [-0.3, -0.25) is 0 Å². The van der Waals surface area contributed by atoms with E-state index in [1.807, 2.05) is 0 Å². The number of hydrogen-bond donors (Lipinski definition) is 1. The maximum Gasteiger partial charge on any atom is 0.0149 e. The zero-order valence-electron chi connectivity index (χ0n) is 11.3. The SMILES string of the molecule is CCC(CC)(CN)CN1CC(C)SC(C)C1. The van der Waals surface area contributed by atoms with E-state index in [0.717, 1.165) is 17.0 Å². The van der Waals surface area contributed by atoms with Gasteiger partial charge in [-0.15, -0.1) is 0 Å². The minimum absolute atomic E-state index is 0.349. The Hall–Kier alpha value is 0.270. The number of rotatable bonds is 5. The van der Waals surface area contributed by atoms with Crippen LogP contribution in [-0.4, -0.2) is 41.6 Å². The van der Waals surface area contributed by atoms with Crippen molar-refractivity contribution in [1.82, 2.24) is 4.90 Å². The van der Waals surface area contributed by atoms with Gasteiger partial charge >= 0.3 is 0 Å². The number of hydrogen-bond acceptors (Lipinski definition) is 3. The van der Waals surface area contributed by atoms with Crippen molar-refractivity contribution in [1.29, 1.82) is 0 Å². The van der Waals surface area contributed by atoms with Crippen LogP contribution in [0, 0.1) is 5.41 Å². The van der Waals surface area contributed by atoms with Gasteiger partial charge in [0.15, 0.2) is 0 Å². The first-order valence-electron chi connectivity index (χ1n) is 6.63. The third kappa shape index (κ3) is 3.64. The lowest BCUT2D eigenvalue weighted by atomic mass is 9.82. The Kier molecular flexibility index (Phi) is 5.62. The Labute approximate surface area is 105 Å². The summed E-state index contributed by atoms with van der Waals surface area (Å²) in [4.78, 5) is 2.63. The molecule has 0 aromatic carbocycles. The molecule has 1 aliphatic heterocycles. The highest BCUT2D eigenvalue weighted by Crippen LogP contribution is 2.30. The highest BCUT2D eigenvalue weighted by molar-refractivity contribution is 8.00. The smallest absolute Gasteiger partial charge is 0.0149 e. The van der Waals surface area contributed by atoms with Crippen LogP contribution in [-0.2, 0) is 0 Å². The normalized spacial score (nSPS) is 28.3. The lowest BCUT2D eigenvalue weighted by Crippen LogP contribution is -2.48. The van der Waals surface area contributed by atoms with Crippen LogP contribution < -0.4 is 5.73 Å². The van der Waals surface area contributed by atoms with E-state index in [1.54, 1.807) is 0 Å². The Balaban J connectivity index is 2.57. The fourth-order valence-electron chi connectivity index (χ4n) is 2.71. The molecule has 2 nitrogen and oxygen atoms in total. The van der Waals surface area contributed by atoms with Gasteiger partial charge in [-0.1, -0.05) is 27.7 Å². The first-order chi connectivity index (χ1) is 7.55. The molecular formula is C13H28N2S. The molecule has 1 fully saturated rings. The standard InChI is InChI=1S/C13H28N2S/c1-5-13(6-2,9-14)10-15-7-11(3)16-12(4)8-15/h11-12H,5-10,14H2,1-4H3. The summed E-state index contributed by atoms with van der Waals surface area (Å²) in [6, 6.07) is 0. The molecule has 0 radical (unpaired) electrons. The third-order valence-corrected chi connectivity index (χ3v) is 5.21. The van der Waals surface area contributed by atoms with Gasteiger partial charge in [0.05, 0.1) is 0 Å². The quantitative estimate of drug-likeness (QED) is 0.806. The van der Waals surface area contributed by atoms with Crippen molar-refractivity contribution in [2.24, 2.45) is 11.1 Å². The van der Waals surface area contributed by atoms with Crippen LogP contribution in [0.15, 0.2) is 0 Å². The summed E-state index contributed by atoms with van der Waals surface area (Å²) in [5.74, 6) is 0. The molecule has 3 heteroatoms. The second kappa shape index (κ2) is 6.27. The molecule has 2 unspecified atom stereocenters. The van der Waals surface area contributed by atoms with Gasteiger partial charge in [0.25, 0.3) is 0 Å². The Morgan fingerprint density at radius 2 is 1.69 bits per heavy atom. The van der Waals surface area contributed by atoms with Crippen molar-refractivity contribution >= 4 is 11.8 Å². The first kappa shape index (κ1) is 14.3. The molecule has 0 spiro atoms. The lowest BCUT2D eigenvalue weighted by molar-refractivity contribution is 0.142. The molecule has 0 aromatic rings. The van der Waals surface area contributed by atoms with E-state index in [2.05, 4.69) is 44.4 Å². The molecular weight excluding hydrogens is 216 g/mol. The van der Waals surface area contributed by atoms with E-state index >= 15 is 0 Å². The molecule has 16 heavy (non-hydrogen) atoms. The van der Waals surface area contributed by atoms with Crippen molar-refractivity contribution in [2.75, 3.05) is 26.2 Å². The fraction of sp³-hybridized carbons (Fsp3) is 1.00. The predicted molar refractivity (Wildman–Crippen MR) is 75.0 cm³/mol. The molecule has 1 saturated heterocycles. The van der Waals surface area contributed by atoms with Crippen LogP contribution in [0.4, 0.5) is 0 Å². The summed E-state index contributed by atoms with van der Waals surface area (Å²) in [5.41, 5.74) is 6.33. The molecule has 1 heterocycles. The third-order valence-electron chi connectivity index (χ3n) is 3.99. The molecule has 0 saturated carbocycles. The summed E-state index contributed by atoms with van der Waals surface area (Å²) in [6.07, 6.45) is 2.40. The van der Waals surface area contributed by atoms with Crippen molar-refractivity contribution in [3.8, 4) is 0 Å². The molecule has 0 bridgehead atoms. The van der Waals surface area contributed by atoms with Crippen molar-refractivity contribution < 1.29 is 0 Å². The monoisotopic (exact) mass is 244 g/mol. The summed E-state index contributed by atoms with van der Waals surface area (Å²) in [6.45, 7) is 13.7. The minimum Gasteiger partial charge on any atom is -0.330 e. The van der Waals surface area contributed by atoms with Gasteiger partial charge in [0.1, 0.15) is 0 Å². The zero-order chi connectivity index (χ0) is 12.2. The average molecular weight is 244 g/mol. The van der Waals surface area contributed by atoms with Gasteiger partial charge in [0.2, 0.25) is 0 Å². The molecule has 1 aliphatic rings. The highest BCUT2D eigenvalue weighted by atomic mass is 32.2. The Morgan fingerprint density at radius 1 is 1.19 bits per heavy atom. The van der Waals surface area contributed by atoms with Crippen molar-refractivity contribution in [2.45, 2.75) is 51.0 Å². The van der Waals surface area contributed by atoms with Crippen LogP contribution in [0.1, 0.15) is 40.5 Å². The predicted octanol–water partition coefficient (Wildman–Crippen LogP) is 2.58. The van der Waals surface area contributed by atoms with Crippen molar-refractivity contribution in [3.05, 3.63) is 0 Å². The number of nitrogens with zero attached hydrogens (tertiary/aromatic N) is 1. The zero-order valence-corrected chi connectivity index (χ0v) is 12.1. The molecule has 2 atom stereocenters. The molecule has 96 valence electrons. The largest absolute Gasteiger partial charge is 0.330 e. The Bertz CT molecular complexity index is 186. The fourth-order valence-corrected chi connectivity index (χ4v) is 4.10. The lowest BCUT2D eigenvalue weighted by Gasteiger charge is -2.41. The van der Waals surface area contributed by atoms with E-state index < -0.39 is 0 Å². The second-order valence-corrected chi connectivity index (χ2v) is 7.24. The van der Waals surface area contributed by atoms with Gasteiger partial charge in [0, 0.05) is 30.1 Å². The van der Waals surface area contributed by atoms with Gasteiger partial charge in [-0.25, -0.2) is 0 Å². The first-order valence-corrected chi connectivity index (χ1v) is 7.57. The highest BCUT2D eigenvalue weighted by Gasteiger charge is 2.30. The molecule has 1 rings (SSSR count). The topological polar surface area (TPSA) is 29.3 Å². The molecule has 0 aromatic heterocycles. The van der Waals surface area contributed by atoms with Crippen LogP contribution in [0.25, 0.3) is 0 Å². The summed E-state index contributed by atoms with van der Waals surface area (Å²) in [5, 5.41) is 1.54. The van der Waals surface area contributed by atoms with Gasteiger partial charge < -0.3 is 10.6 Å². The molecule has 2 N–H and O–H groups in total. The van der Waals surface area contributed by atoms with E-state index in [0.29, 0.717) is 5.41 Å². The maximum atomic E-state index is 5.98. The van der Waals surface area contributed by atoms with Crippen LogP contribution in [0.5, 0.6) is 0 Å². The summed E-state index contributed by atoms with van der Waals surface area (Å²) >= 11 is 2.12.